The molecule has 138 valence electrons. The van der Waals surface area contributed by atoms with E-state index in [9.17, 15) is 19.2 Å². The van der Waals surface area contributed by atoms with E-state index < -0.39 is 17.9 Å². The van der Waals surface area contributed by atoms with Gasteiger partial charge in [0.15, 0.2) is 17.7 Å². The molecule has 0 amide bonds. The van der Waals surface area contributed by atoms with Crippen molar-refractivity contribution in [1.29, 1.82) is 0 Å². The maximum absolute atomic E-state index is 12.6. The van der Waals surface area contributed by atoms with E-state index in [-0.39, 0.29) is 23.0 Å². The van der Waals surface area contributed by atoms with Gasteiger partial charge in [0.05, 0.1) is 5.69 Å². The Morgan fingerprint density at radius 1 is 1.12 bits per heavy atom. The molecule has 1 unspecified atom stereocenters. The van der Waals surface area contributed by atoms with Crippen LogP contribution in [0.25, 0.3) is 0 Å². The number of nitrogens with one attached hydrogen (secondary N) is 1. The van der Waals surface area contributed by atoms with Gasteiger partial charge in [-0.1, -0.05) is 0 Å². The predicted octanol–water partition coefficient (Wildman–Crippen LogP) is 2.80. The Labute approximate surface area is 151 Å². The van der Waals surface area contributed by atoms with Gasteiger partial charge in [0, 0.05) is 30.1 Å². The molecule has 0 radical (unpaired) electrons. The van der Waals surface area contributed by atoms with Crippen molar-refractivity contribution in [2.45, 2.75) is 40.7 Å². The summed E-state index contributed by atoms with van der Waals surface area (Å²) in [6.45, 7) is 7.70. The second kappa shape index (κ2) is 7.11. The largest absolute Gasteiger partial charge is 0.450 e. The molecule has 2 heterocycles. The number of esters is 1. The summed E-state index contributed by atoms with van der Waals surface area (Å²) in [5.41, 5.74) is 2.44. The summed E-state index contributed by atoms with van der Waals surface area (Å²) in [7, 11) is 1.62. The van der Waals surface area contributed by atoms with Gasteiger partial charge in [0.2, 0.25) is 5.78 Å². The first-order valence-corrected chi connectivity index (χ1v) is 8.17. The second-order valence-electron chi connectivity index (χ2n) is 6.37. The maximum atomic E-state index is 12.6. The summed E-state index contributed by atoms with van der Waals surface area (Å²) in [6.07, 6.45) is 0.484. The fourth-order valence-corrected chi connectivity index (χ4v) is 2.96. The number of rotatable bonds is 6. The minimum Gasteiger partial charge on any atom is -0.450 e. The lowest BCUT2D eigenvalue weighted by Gasteiger charge is -2.12. The third-order valence-corrected chi connectivity index (χ3v) is 4.31. The van der Waals surface area contributed by atoms with E-state index >= 15 is 0 Å². The highest BCUT2D eigenvalue weighted by Gasteiger charge is 2.27. The normalized spacial score (nSPS) is 11.9. The summed E-state index contributed by atoms with van der Waals surface area (Å²) in [6, 6.07) is 1.43. The first kappa shape index (κ1) is 19.4. The number of aryl methyl sites for hydroxylation is 2. The average Bonchev–Trinajstić information content (AvgIpc) is 3.06. The standard InChI is InChI=1S/C19H22N2O5/c1-9-16(12(4)23)10(2)20-17(9)18(24)13(5)26-19(25)15-7-14(11(3)22)8-21(15)6/h7-8,13,20H,1-6H3. The van der Waals surface area contributed by atoms with Gasteiger partial charge in [-0.05, 0) is 46.2 Å². The van der Waals surface area contributed by atoms with Crippen LogP contribution in [0.15, 0.2) is 12.3 Å². The lowest BCUT2D eigenvalue weighted by Crippen LogP contribution is -2.26. The molecule has 1 N–H and O–H groups in total. The number of carbonyl (C=O) groups is 4. The Hall–Kier alpha value is -2.96. The van der Waals surface area contributed by atoms with E-state index in [1.807, 2.05) is 0 Å². The van der Waals surface area contributed by atoms with E-state index in [4.69, 9.17) is 4.74 Å². The van der Waals surface area contributed by atoms with Crippen LogP contribution in [0.3, 0.4) is 0 Å². The van der Waals surface area contributed by atoms with Crippen molar-refractivity contribution in [2.24, 2.45) is 7.05 Å². The van der Waals surface area contributed by atoms with Crippen molar-refractivity contribution in [3.05, 3.63) is 46.0 Å². The SMILES string of the molecule is CC(=O)c1cc(C(=O)OC(C)C(=O)c2[nH]c(C)c(C(C)=O)c2C)n(C)c1. The second-order valence-corrected chi connectivity index (χ2v) is 6.37. The van der Waals surface area contributed by atoms with E-state index in [1.54, 1.807) is 20.9 Å². The lowest BCUT2D eigenvalue weighted by molar-refractivity contribution is 0.0307. The molecule has 2 aromatic heterocycles. The summed E-state index contributed by atoms with van der Waals surface area (Å²) in [4.78, 5) is 51.0. The van der Waals surface area contributed by atoms with Crippen LogP contribution in [0.4, 0.5) is 0 Å². The van der Waals surface area contributed by atoms with E-state index in [1.165, 1.54) is 37.6 Å². The van der Waals surface area contributed by atoms with Gasteiger partial charge in [-0.15, -0.1) is 0 Å². The fourth-order valence-electron chi connectivity index (χ4n) is 2.96. The van der Waals surface area contributed by atoms with Gasteiger partial charge in [0.1, 0.15) is 5.69 Å². The van der Waals surface area contributed by atoms with E-state index in [0.29, 0.717) is 22.4 Å². The van der Waals surface area contributed by atoms with Crippen LogP contribution in [0.2, 0.25) is 0 Å². The molecule has 0 saturated heterocycles. The van der Waals surface area contributed by atoms with Crippen LogP contribution in [0.5, 0.6) is 0 Å². The van der Waals surface area contributed by atoms with Gasteiger partial charge >= 0.3 is 5.97 Å². The number of H-pyrrole nitrogens is 1. The summed E-state index contributed by atoms with van der Waals surface area (Å²) in [5, 5.41) is 0. The van der Waals surface area contributed by atoms with Crippen LogP contribution in [0.1, 0.15) is 73.7 Å². The van der Waals surface area contributed by atoms with Crippen LogP contribution in [-0.2, 0) is 11.8 Å². The third-order valence-electron chi connectivity index (χ3n) is 4.31. The molecule has 0 spiro atoms. The van der Waals surface area contributed by atoms with Crippen LogP contribution in [-0.4, -0.2) is 39.0 Å². The Morgan fingerprint density at radius 3 is 2.19 bits per heavy atom. The lowest BCUT2D eigenvalue weighted by atomic mass is 10.0. The molecule has 0 bridgehead atoms. The number of aromatic amines is 1. The summed E-state index contributed by atoms with van der Waals surface area (Å²) >= 11 is 0. The smallest absolute Gasteiger partial charge is 0.355 e. The van der Waals surface area contributed by atoms with Crippen molar-refractivity contribution in [1.82, 2.24) is 9.55 Å². The third kappa shape index (κ3) is 3.51. The van der Waals surface area contributed by atoms with Gasteiger partial charge in [-0.3, -0.25) is 14.4 Å². The molecule has 0 aliphatic heterocycles. The molecule has 0 saturated carbocycles. The van der Waals surface area contributed by atoms with Crippen molar-refractivity contribution in [3.8, 4) is 0 Å². The highest BCUT2D eigenvalue weighted by Crippen LogP contribution is 2.21. The molecule has 0 fully saturated rings. The number of hydrogen-bond acceptors (Lipinski definition) is 5. The minimum atomic E-state index is -1.05. The number of ketones is 3. The first-order valence-electron chi connectivity index (χ1n) is 8.17. The summed E-state index contributed by atoms with van der Waals surface area (Å²) < 4.78 is 6.75. The number of ether oxygens (including phenoxy) is 1. The molecule has 26 heavy (non-hydrogen) atoms. The van der Waals surface area contributed by atoms with Crippen LogP contribution >= 0.6 is 0 Å². The Bertz CT molecular complexity index is 917. The molecule has 7 heteroatoms. The van der Waals surface area contributed by atoms with Crippen LogP contribution < -0.4 is 0 Å². The number of carbonyl (C=O) groups excluding carboxylic acids is 4. The molecule has 2 aromatic rings. The van der Waals surface area contributed by atoms with Gasteiger partial charge in [-0.2, -0.15) is 0 Å². The summed E-state index contributed by atoms with van der Waals surface area (Å²) in [5.74, 6) is -1.43. The topological polar surface area (TPSA) is 98.2 Å². The van der Waals surface area contributed by atoms with Crippen molar-refractivity contribution in [2.75, 3.05) is 0 Å². The minimum absolute atomic E-state index is 0.138. The molecular weight excluding hydrogens is 336 g/mol. The molecule has 7 nitrogen and oxygen atoms in total. The Balaban J connectivity index is 2.22. The number of hydrogen-bond donors (Lipinski definition) is 1. The molecule has 2 rings (SSSR count). The fraction of sp³-hybridized carbons (Fsp3) is 0.368. The monoisotopic (exact) mass is 358 g/mol. The Kier molecular flexibility index (Phi) is 5.30. The van der Waals surface area contributed by atoms with Gasteiger partial charge in [-0.25, -0.2) is 4.79 Å². The van der Waals surface area contributed by atoms with Crippen molar-refractivity contribution < 1.29 is 23.9 Å². The van der Waals surface area contributed by atoms with Gasteiger partial charge in [0.25, 0.3) is 0 Å². The molecule has 0 aromatic carbocycles. The zero-order chi connectivity index (χ0) is 19.8. The van der Waals surface area contributed by atoms with Crippen LogP contribution in [0, 0.1) is 13.8 Å². The van der Waals surface area contributed by atoms with Gasteiger partial charge < -0.3 is 14.3 Å². The van der Waals surface area contributed by atoms with E-state index in [0.717, 1.165) is 0 Å². The van der Waals surface area contributed by atoms with Crippen molar-refractivity contribution >= 4 is 23.3 Å². The number of Topliss-reactive ketones (excluding diaryl/α,β-unsaturated/α-hetero) is 3. The molecule has 1 atom stereocenters. The maximum Gasteiger partial charge on any atom is 0.355 e. The highest BCUT2D eigenvalue weighted by atomic mass is 16.5. The van der Waals surface area contributed by atoms with E-state index in [2.05, 4.69) is 4.98 Å². The molecule has 0 aliphatic rings. The average molecular weight is 358 g/mol. The highest BCUT2D eigenvalue weighted by molar-refractivity contribution is 6.05. The molecular formula is C19H22N2O5. The quantitative estimate of drug-likeness (QED) is 0.632. The molecule has 0 aliphatic carbocycles. The number of nitrogens with zero attached hydrogens (tertiary/aromatic N) is 1. The first-order chi connectivity index (χ1) is 12.0. The number of aromatic nitrogens is 2. The zero-order valence-electron chi connectivity index (χ0n) is 15.7. The zero-order valence-corrected chi connectivity index (χ0v) is 15.7. The predicted molar refractivity (Wildman–Crippen MR) is 94.9 cm³/mol. The van der Waals surface area contributed by atoms with Crippen molar-refractivity contribution in [3.63, 3.8) is 0 Å². The Morgan fingerprint density at radius 2 is 1.73 bits per heavy atom.